The van der Waals surface area contributed by atoms with Gasteiger partial charge in [0.2, 0.25) is 5.78 Å². The molecule has 13 heteroatoms. The number of epoxide rings is 2. The number of phenolic OH excluding ortho intramolecular Hbond substituents is 1. The van der Waals surface area contributed by atoms with E-state index in [4.69, 9.17) is 23.4 Å². The minimum atomic E-state index is -0.970. The minimum absolute atomic E-state index is 0.00321. The van der Waals surface area contributed by atoms with Crippen LogP contribution in [-0.4, -0.2) is 119 Å². The molecule has 8 rings (SSSR count). The summed E-state index contributed by atoms with van der Waals surface area (Å²) in [5.74, 6) is -1.42. The topological polar surface area (TPSA) is 175 Å². The van der Waals surface area contributed by atoms with Crippen molar-refractivity contribution in [1.82, 2.24) is 9.80 Å². The second-order valence-corrected chi connectivity index (χ2v) is 16.9. The minimum Gasteiger partial charge on any atom is -0.507 e. The zero-order valence-corrected chi connectivity index (χ0v) is 32.4. The van der Waals surface area contributed by atoms with Gasteiger partial charge in [0.25, 0.3) is 0 Å². The number of rotatable bonds is 6. The first-order chi connectivity index (χ1) is 25.3. The van der Waals surface area contributed by atoms with Crippen LogP contribution in [0.3, 0.4) is 0 Å². The Bertz CT molecular complexity index is 2160. The number of likely N-dealkylation sites (N-methyl/N-ethyl adjacent to an activating group) is 2. The molecule has 0 saturated carbocycles. The van der Waals surface area contributed by atoms with Gasteiger partial charge in [-0.25, -0.2) is 0 Å². The molecule has 4 aliphatic heterocycles. The molecule has 5 heterocycles. The van der Waals surface area contributed by atoms with Crippen LogP contribution in [0.1, 0.15) is 114 Å². The van der Waals surface area contributed by atoms with Crippen LogP contribution >= 0.6 is 0 Å². The molecule has 0 bridgehead atoms. The second kappa shape index (κ2) is 12.5. The number of phenols is 1. The molecule has 4 fully saturated rings. The molecular formula is C41H50N2O11. The van der Waals surface area contributed by atoms with Gasteiger partial charge >= 0.3 is 0 Å². The number of aliphatic hydroxyl groups excluding tert-OH is 2. The van der Waals surface area contributed by atoms with Crippen molar-refractivity contribution in [2.24, 2.45) is 0 Å². The van der Waals surface area contributed by atoms with Gasteiger partial charge in [0, 0.05) is 34.3 Å². The molecular weight excluding hydrogens is 696 g/mol. The van der Waals surface area contributed by atoms with E-state index in [1.54, 1.807) is 33.8 Å². The number of aromatic hydroxyl groups is 1. The Morgan fingerprint density at radius 2 is 1.48 bits per heavy atom. The molecule has 1 aliphatic carbocycles. The van der Waals surface area contributed by atoms with Crippen LogP contribution in [0.15, 0.2) is 27.4 Å². The van der Waals surface area contributed by atoms with Crippen molar-refractivity contribution in [1.29, 1.82) is 0 Å². The van der Waals surface area contributed by atoms with E-state index in [-0.39, 0.29) is 87.2 Å². The molecule has 3 aromatic rings. The molecule has 0 spiro atoms. The van der Waals surface area contributed by atoms with Crippen LogP contribution in [0.4, 0.5) is 0 Å². The number of hydrogen-bond acceptors (Lipinski definition) is 13. The normalized spacial score (nSPS) is 37.5. The maximum absolute atomic E-state index is 15.1. The predicted molar refractivity (Wildman–Crippen MR) is 196 cm³/mol. The van der Waals surface area contributed by atoms with Crippen LogP contribution in [-0.2, 0) is 24.5 Å². The first kappa shape index (κ1) is 37.4. The Balaban J connectivity index is 1.34. The van der Waals surface area contributed by atoms with E-state index in [2.05, 4.69) is 0 Å². The summed E-state index contributed by atoms with van der Waals surface area (Å²) in [7, 11) is 7.45. The summed E-state index contributed by atoms with van der Waals surface area (Å²) in [6, 6.07) is 4.26. The van der Waals surface area contributed by atoms with Crippen molar-refractivity contribution in [2.45, 2.75) is 127 Å². The lowest BCUT2D eigenvalue weighted by Gasteiger charge is -2.49. The molecule has 0 amide bonds. The SMILES string of the molecule is Cc1cc2c(c3oc([C@]4(C)O[C@H]4[C@H]4O[C@H]4C)cc(=O)c13)C(=O)c1c(O)c([C@H]3C[C@](C)(N(C)C)[C@H](O)[C@@H](C)O3)cc([C@H]3CC(N(C)C)[C@H](O)[C@@H](C)O3)c1C2=O. The standard InChI is InChI=1S/C41H50N2O11/c1-16-11-22-30(37-28(16)24(44)14-27(53-37)41(6)39(54-41)36-18(3)52-36)35(48)31-29(34(22)47)20(25-13-23(42(7)8)32(45)17(2)50-25)12-21(33(31)46)26-15-40(5,43(9)10)38(49)19(4)51-26/h11-12,14,17-19,23,25-26,32,36,38-39,45-46,49H,13,15H2,1-10H3/t17-,18+,19-,23?,25-,26-,32-,36+,38-,39+,40+,41+/m1/s1. The largest absolute Gasteiger partial charge is 0.507 e. The van der Waals surface area contributed by atoms with Gasteiger partial charge in [0.1, 0.15) is 29.3 Å². The Hall–Kier alpha value is -3.53. The summed E-state index contributed by atoms with van der Waals surface area (Å²) in [5, 5.41) is 34.7. The number of carbonyl (C=O) groups excluding carboxylic acids is 2. The fourth-order valence-electron chi connectivity index (χ4n) is 9.24. The van der Waals surface area contributed by atoms with Crippen LogP contribution < -0.4 is 5.43 Å². The lowest BCUT2D eigenvalue weighted by atomic mass is 9.74. The van der Waals surface area contributed by atoms with Crippen molar-refractivity contribution in [3.8, 4) is 5.75 Å². The molecule has 2 aromatic carbocycles. The number of ether oxygens (including phenoxy) is 4. The third kappa shape index (κ3) is 5.38. The Morgan fingerprint density at radius 3 is 2.11 bits per heavy atom. The molecule has 54 heavy (non-hydrogen) atoms. The van der Waals surface area contributed by atoms with E-state index >= 15 is 4.79 Å². The van der Waals surface area contributed by atoms with Gasteiger partial charge in [-0.2, -0.15) is 0 Å². The smallest absolute Gasteiger partial charge is 0.202 e. The fourth-order valence-corrected chi connectivity index (χ4v) is 9.24. The van der Waals surface area contributed by atoms with Gasteiger partial charge in [-0.3, -0.25) is 14.4 Å². The van der Waals surface area contributed by atoms with Crippen LogP contribution in [0, 0.1) is 6.92 Å². The molecule has 3 N–H and O–H groups in total. The molecule has 0 radical (unpaired) electrons. The van der Waals surface area contributed by atoms with Crippen LogP contribution in [0.2, 0.25) is 0 Å². The highest BCUT2D eigenvalue weighted by Crippen LogP contribution is 2.54. The quantitative estimate of drug-likeness (QED) is 0.244. The predicted octanol–water partition coefficient (Wildman–Crippen LogP) is 3.66. The van der Waals surface area contributed by atoms with Crippen molar-refractivity contribution in [2.75, 3.05) is 28.2 Å². The highest BCUT2D eigenvalue weighted by atomic mass is 16.7. The monoisotopic (exact) mass is 746 g/mol. The highest BCUT2D eigenvalue weighted by Gasteiger charge is 2.66. The van der Waals surface area contributed by atoms with Gasteiger partial charge in [0.05, 0.1) is 59.2 Å². The zero-order valence-electron chi connectivity index (χ0n) is 32.4. The van der Waals surface area contributed by atoms with Crippen LogP contribution in [0.5, 0.6) is 5.75 Å². The Labute approximate surface area is 313 Å². The summed E-state index contributed by atoms with van der Waals surface area (Å²) in [6.45, 7) is 10.9. The third-order valence-electron chi connectivity index (χ3n) is 13.0. The molecule has 12 atom stereocenters. The van der Waals surface area contributed by atoms with Gasteiger partial charge in [0.15, 0.2) is 16.8 Å². The number of benzene rings is 2. The lowest BCUT2D eigenvalue weighted by molar-refractivity contribution is -0.176. The van der Waals surface area contributed by atoms with Crippen molar-refractivity contribution < 1.29 is 48.3 Å². The summed E-state index contributed by atoms with van der Waals surface area (Å²) in [6.07, 6.45) is -4.44. The number of fused-ring (bicyclic) bond motifs is 4. The molecule has 1 aromatic heterocycles. The highest BCUT2D eigenvalue weighted by molar-refractivity contribution is 6.33. The van der Waals surface area contributed by atoms with E-state index in [0.29, 0.717) is 11.1 Å². The maximum atomic E-state index is 15.1. The third-order valence-corrected chi connectivity index (χ3v) is 13.0. The van der Waals surface area contributed by atoms with E-state index in [1.807, 2.05) is 51.8 Å². The average Bonchev–Trinajstić information content (AvgIpc) is 4.01. The summed E-state index contributed by atoms with van der Waals surface area (Å²) in [4.78, 5) is 47.7. The number of aliphatic hydroxyl groups is 2. The number of ketones is 2. The van der Waals surface area contributed by atoms with Crippen molar-refractivity contribution in [3.63, 3.8) is 0 Å². The van der Waals surface area contributed by atoms with E-state index in [0.717, 1.165) is 0 Å². The summed E-state index contributed by atoms with van der Waals surface area (Å²) < 4.78 is 30.9. The Morgan fingerprint density at radius 1 is 0.815 bits per heavy atom. The molecule has 13 nitrogen and oxygen atoms in total. The zero-order chi connectivity index (χ0) is 39.1. The number of carbonyl (C=O) groups is 2. The lowest BCUT2D eigenvalue weighted by Crippen LogP contribution is -2.59. The first-order valence-corrected chi connectivity index (χ1v) is 18.7. The van der Waals surface area contributed by atoms with E-state index in [1.165, 1.54) is 12.1 Å². The molecule has 1 unspecified atom stereocenters. The van der Waals surface area contributed by atoms with Gasteiger partial charge in [-0.15, -0.1) is 0 Å². The molecule has 4 saturated heterocycles. The van der Waals surface area contributed by atoms with Crippen LogP contribution in [0.25, 0.3) is 11.0 Å². The number of hydrogen-bond donors (Lipinski definition) is 3. The molecule has 5 aliphatic rings. The number of nitrogens with zero attached hydrogens (tertiary/aromatic N) is 2. The Kier molecular flexibility index (Phi) is 8.65. The van der Waals surface area contributed by atoms with Crippen molar-refractivity contribution >= 4 is 22.5 Å². The fraction of sp³-hybridized carbons (Fsp3) is 0.585. The number of aryl methyl sites for hydroxylation is 1. The summed E-state index contributed by atoms with van der Waals surface area (Å²) in [5.41, 5.74) is -1.39. The summed E-state index contributed by atoms with van der Waals surface area (Å²) >= 11 is 0. The van der Waals surface area contributed by atoms with E-state index < -0.39 is 65.1 Å². The average molecular weight is 747 g/mol. The van der Waals surface area contributed by atoms with Gasteiger partial charge in [-0.05, 0) is 106 Å². The maximum Gasteiger partial charge on any atom is 0.202 e. The second-order valence-electron chi connectivity index (χ2n) is 16.9. The molecule has 290 valence electrons. The van der Waals surface area contributed by atoms with E-state index in [9.17, 15) is 24.9 Å². The van der Waals surface area contributed by atoms with Gasteiger partial charge < -0.3 is 48.5 Å². The first-order valence-electron chi connectivity index (χ1n) is 18.7. The van der Waals surface area contributed by atoms with Crippen molar-refractivity contribution in [3.05, 3.63) is 73.1 Å². The van der Waals surface area contributed by atoms with Gasteiger partial charge in [-0.1, -0.05) is 0 Å².